The van der Waals surface area contributed by atoms with Crippen molar-refractivity contribution in [1.29, 1.82) is 0 Å². The molecule has 196 valence electrons. The Morgan fingerprint density at radius 1 is 1.03 bits per heavy atom. The molecule has 1 aliphatic carbocycles. The second kappa shape index (κ2) is 14.4. The average molecular weight is 502 g/mol. The molecule has 0 aromatic carbocycles. The fourth-order valence-electron chi connectivity index (χ4n) is 3.93. The molecule has 1 aliphatic rings. The first-order valence-electron chi connectivity index (χ1n) is 12.1. The van der Waals surface area contributed by atoms with E-state index in [1.165, 1.54) is 0 Å². The van der Waals surface area contributed by atoms with Crippen molar-refractivity contribution in [2.24, 2.45) is 17.8 Å². The molecule has 0 bridgehead atoms. The highest BCUT2D eigenvalue weighted by Gasteiger charge is 2.30. The summed E-state index contributed by atoms with van der Waals surface area (Å²) in [5.41, 5.74) is -0.644. The van der Waals surface area contributed by atoms with Gasteiger partial charge in [-0.25, -0.2) is 9.59 Å². The van der Waals surface area contributed by atoms with E-state index in [9.17, 15) is 24.3 Å². The molecule has 0 aromatic rings. The average Bonchev–Trinajstić information content (AvgIpc) is 2.73. The van der Waals surface area contributed by atoms with E-state index in [1.807, 2.05) is 20.1 Å². The zero-order chi connectivity index (χ0) is 25.9. The minimum absolute atomic E-state index is 0.172. The summed E-state index contributed by atoms with van der Waals surface area (Å²) in [4.78, 5) is 48.8. The zero-order valence-corrected chi connectivity index (χ0v) is 22.3. The molecule has 34 heavy (non-hydrogen) atoms. The molecular formula is C24H43N3O6S. The Hall–Kier alpha value is -1.97. The van der Waals surface area contributed by atoms with Gasteiger partial charge in [0.2, 0.25) is 11.8 Å². The fourth-order valence-corrected chi connectivity index (χ4v) is 4.41. The molecule has 0 spiro atoms. The van der Waals surface area contributed by atoms with Gasteiger partial charge >= 0.3 is 12.1 Å². The molecule has 9 nitrogen and oxygen atoms in total. The van der Waals surface area contributed by atoms with E-state index in [4.69, 9.17) is 4.74 Å². The lowest BCUT2D eigenvalue weighted by atomic mass is 9.81. The minimum Gasteiger partial charge on any atom is -0.480 e. The largest absolute Gasteiger partial charge is 0.480 e. The van der Waals surface area contributed by atoms with Crippen LogP contribution in [0.3, 0.4) is 0 Å². The standard InChI is InChI=1S/C24H43N3O6S/c1-15(2)13-19(22(30)31)26-20(28)17-9-7-16(8-10-17)14-25-21(29)18(11-12-34-6)27-23(32)33-24(3,4)5/h15-19H,7-14H2,1-6H3,(H,25,29)(H,26,28)(H,27,32)(H,30,31). The molecule has 1 saturated carbocycles. The van der Waals surface area contributed by atoms with Crippen LogP contribution in [-0.2, 0) is 19.1 Å². The first-order chi connectivity index (χ1) is 15.8. The summed E-state index contributed by atoms with van der Waals surface area (Å²) in [6, 6.07) is -1.53. The third-order valence-corrected chi connectivity index (χ3v) is 6.37. The molecule has 0 aromatic heterocycles. The van der Waals surface area contributed by atoms with Crippen molar-refractivity contribution in [2.45, 2.75) is 90.8 Å². The number of hydrogen-bond donors (Lipinski definition) is 4. The van der Waals surface area contributed by atoms with Crippen LogP contribution in [0, 0.1) is 17.8 Å². The molecule has 2 unspecified atom stereocenters. The number of hydrogen-bond acceptors (Lipinski definition) is 6. The Morgan fingerprint density at radius 2 is 1.65 bits per heavy atom. The highest BCUT2D eigenvalue weighted by atomic mass is 32.2. The van der Waals surface area contributed by atoms with Crippen LogP contribution in [0.1, 0.15) is 73.1 Å². The molecular weight excluding hydrogens is 458 g/mol. The summed E-state index contributed by atoms with van der Waals surface area (Å²) in [5.74, 6) is -0.514. The van der Waals surface area contributed by atoms with Crippen LogP contribution in [0.4, 0.5) is 4.79 Å². The van der Waals surface area contributed by atoms with Gasteiger partial charge in [0.1, 0.15) is 17.7 Å². The third kappa shape index (κ3) is 11.9. The topological polar surface area (TPSA) is 134 Å². The maximum absolute atomic E-state index is 12.7. The lowest BCUT2D eigenvalue weighted by Crippen LogP contribution is -2.49. The highest BCUT2D eigenvalue weighted by Crippen LogP contribution is 2.29. The summed E-state index contributed by atoms with van der Waals surface area (Å²) in [6.45, 7) is 9.64. The van der Waals surface area contributed by atoms with Crippen molar-refractivity contribution < 1.29 is 29.0 Å². The number of ether oxygens (including phenoxy) is 1. The normalized spacial score (nSPS) is 20.2. The number of carbonyl (C=O) groups excluding carboxylic acids is 3. The van der Waals surface area contributed by atoms with Gasteiger partial charge in [-0.05, 0) is 83.1 Å². The van der Waals surface area contributed by atoms with E-state index in [-0.39, 0.29) is 29.6 Å². The quantitative estimate of drug-likeness (QED) is 0.323. The zero-order valence-electron chi connectivity index (χ0n) is 21.4. The van der Waals surface area contributed by atoms with Crippen molar-refractivity contribution in [3.8, 4) is 0 Å². The summed E-state index contributed by atoms with van der Waals surface area (Å²) >= 11 is 1.60. The van der Waals surface area contributed by atoms with Gasteiger partial charge in [-0.3, -0.25) is 9.59 Å². The predicted octanol–water partition coefficient (Wildman–Crippen LogP) is 3.17. The van der Waals surface area contributed by atoms with Gasteiger partial charge < -0.3 is 25.8 Å². The van der Waals surface area contributed by atoms with Crippen LogP contribution in [0.25, 0.3) is 0 Å². The van der Waals surface area contributed by atoms with Crippen molar-refractivity contribution in [1.82, 2.24) is 16.0 Å². The Bertz CT molecular complexity index is 687. The summed E-state index contributed by atoms with van der Waals surface area (Å²) < 4.78 is 5.28. The van der Waals surface area contributed by atoms with Crippen LogP contribution in [0.2, 0.25) is 0 Å². The smallest absolute Gasteiger partial charge is 0.408 e. The van der Waals surface area contributed by atoms with E-state index in [0.29, 0.717) is 32.2 Å². The highest BCUT2D eigenvalue weighted by molar-refractivity contribution is 7.98. The molecule has 0 heterocycles. The van der Waals surface area contributed by atoms with Gasteiger partial charge in [0, 0.05) is 12.5 Å². The van der Waals surface area contributed by atoms with E-state index in [0.717, 1.165) is 18.6 Å². The number of alkyl carbamates (subject to hydrolysis) is 1. The third-order valence-electron chi connectivity index (χ3n) is 5.72. The van der Waals surface area contributed by atoms with E-state index in [2.05, 4.69) is 16.0 Å². The number of amides is 3. The van der Waals surface area contributed by atoms with Crippen LogP contribution in [0.15, 0.2) is 0 Å². The minimum atomic E-state index is -1.01. The Kier molecular flexibility index (Phi) is 12.8. The van der Waals surface area contributed by atoms with E-state index in [1.54, 1.807) is 32.5 Å². The number of thioether (sulfide) groups is 1. The van der Waals surface area contributed by atoms with Gasteiger partial charge in [0.15, 0.2) is 0 Å². The monoisotopic (exact) mass is 501 g/mol. The number of carboxylic acids is 1. The van der Waals surface area contributed by atoms with Gasteiger partial charge in [0.05, 0.1) is 0 Å². The van der Waals surface area contributed by atoms with Crippen LogP contribution < -0.4 is 16.0 Å². The Labute approximate surface area is 207 Å². The summed E-state index contributed by atoms with van der Waals surface area (Å²) in [7, 11) is 0. The maximum Gasteiger partial charge on any atom is 0.408 e. The van der Waals surface area contributed by atoms with Crippen molar-refractivity contribution in [3.05, 3.63) is 0 Å². The molecule has 1 rings (SSSR count). The first kappa shape index (κ1) is 30.1. The molecule has 4 N–H and O–H groups in total. The van der Waals surface area contributed by atoms with Crippen molar-refractivity contribution in [2.75, 3.05) is 18.6 Å². The van der Waals surface area contributed by atoms with Crippen LogP contribution in [0.5, 0.6) is 0 Å². The van der Waals surface area contributed by atoms with Crippen LogP contribution >= 0.6 is 11.8 Å². The number of nitrogens with one attached hydrogen (secondary N) is 3. The maximum atomic E-state index is 12.7. The van der Waals surface area contributed by atoms with Crippen molar-refractivity contribution >= 4 is 35.6 Å². The lowest BCUT2D eigenvalue weighted by Gasteiger charge is -2.29. The fraction of sp³-hybridized carbons (Fsp3) is 0.833. The second-order valence-corrected chi connectivity index (χ2v) is 11.5. The molecule has 10 heteroatoms. The van der Waals surface area contributed by atoms with Crippen molar-refractivity contribution in [3.63, 3.8) is 0 Å². The number of rotatable bonds is 12. The SMILES string of the molecule is CSCCC(NC(=O)OC(C)(C)C)C(=O)NCC1CCC(C(=O)NC(CC(C)C)C(=O)O)CC1. The van der Waals surface area contributed by atoms with E-state index >= 15 is 0 Å². The summed E-state index contributed by atoms with van der Waals surface area (Å²) in [6.07, 6.45) is 5.09. The molecule has 0 aliphatic heterocycles. The summed E-state index contributed by atoms with van der Waals surface area (Å²) in [5, 5.41) is 17.7. The molecule has 0 saturated heterocycles. The molecule has 0 radical (unpaired) electrons. The number of carbonyl (C=O) groups is 4. The first-order valence-corrected chi connectivity index (χ1v) is 13.5. The van der Waals surface area contributed by atoms with Gasteiger partial charge in [-0.2, -0.15) is 11.8 Å². The number of carboxylic acid groups (broad SMARTS) is 1. The van der Waals surface area contributed by atoms with Gasteiger partial charge in [-0.15, -0.1) is 0 Å². The lowest BCUT2D eigenvalue weighted by molar-refractivity contribution is -0.143. The number of aliphatic carboxylic acids is 1. The molecule has 1 fully saturated rings. The Balaban J connectivity index is 2.51. The van der Waals surface area contributed by atoms with Crippen LogP contribution in [-0.4, -0.2) is 65.2 Å². The van der Waals surface area contributed by atoms with Gasteiger partial charge in [0.25, 0.3) is 0 Å². The second-order valence-electron chi connectivity index (χ2n) is 10.5. The van der Waals surface area contributed by atoms with E-state index < -0.39 is 29.7 Å². The van der Waals surface area contributed by atoms with Gasteiger partial charge in [-0.1, -0.05) is 13.8 Å². The molecule has 2 atom stereocenters. The molecule has 3 amide bonds. The predicted molar refractivity (Wildman–Crippen MR) is 134 cm³/mol. The Morgan fingerprint density at radius 3 is 2.15 bits per heavy atom.